The van der Waals surface area contributed by atoms with E-state index in [0.29, 0.717) is 18.1 Å². The molecule has 4 heteroatoms. The van der Waals surface area contributed by atoms with Gasteiger partial charge in [-0.15, -0.1) is 0 Å². The van der Waals surface area contributed by atoms with Gasteiger partial charge >= 0.3 is 5.97 Å². The molecule has 118 valence electrons. The minimum absolute atomic E-state index is 0.448. The predicted molar refractivity (Wildman–Crippen MR) is 89.6 cm³/mol. The van der Waals surface area contributed by atoms with Gasteiger partial charge in [0.1, 0.15) is 6.61 Å². The summed E-state index contributed by atoms with van der Waals surface area (Å²) in [6.07, 6.45) is 6.01. The lowest BCUT2D eigenvalue weighted by Crippen LogP contribution is -1.97. The number of carboxylic acids is 1. The first-order valence-electron chi connectivity index (χ1n) is 7.11. The Kier molecular flexibility index (Phi) is 6.00. The third-order valence-electron chi connectivity index (χ3n) is 3.06. The molecule has 0 saturated heterocycles. The van der Waals surface area contributed by atoms with Crippen LogP contribution in [0, 0.1) is 0 Å². The number of carboxylic acid groups (broad SMARTS) is 1. The summed E-state index contributed by atoms with van der Waals surface area (Å²) in [6.45, 7) is 0.448. The summed E-state index contributed by atoms with van der Waals surface area (Å²) in [5.74, 6) is 0.316. The molecule has 0 unspecified atom stereocenters. The van der Waals surface area contributed by atoms with Crippen molar-refractivity contribution in [3.8, 4) is 11.5 Å². The zero-order valence-electron chi connectivity index (χ0n) is 12.8. The summed E-state index contributed by atoms with van der Waals surface area (Å²) in [4.78, 5) is 10.4. The van der Waals surface area contributed by atoms with E-state index in [9.17, 15) is 4.79 Å². The maximum Gasteiger partial charge on any atom is 0.328 e. The molecule has 23 heavy (non-hydrogen) atoms. The van der Waals surface area contributed by atoms with Crippen LogP contribution in [0.1, 0.15) is 11.1 Å². The van der Waals surface area contributed by atoms with E-state index in [-0.39, 0.29) is 0 Å². The van der Waals surface area contributed by atoms with Crippen molar-refractivity contribution in [2.75, 3.05) is 7.11 Å². The normalized spacial score (nSPS) is 11.0. The van der Waals surface area contributed by atoms with Crippen molar-refractivity contribution >= 4 is 12.0 Å². The molecule has 0 bridgehead atoms. The Balaban J connectivity index is 2.10. The number of allylic oxidation sites excluding steroid dienone is 2. The summed E-state index contributed by atoms with van der Waals surface area (Å²) < 4.78 is 11.1. The predicted octanol–water partition coefficient (Wildman–Crippen LogP) is 3.93. The third-order valence-corrected chi connectivity index (χ3v) is 3.06. The molecule has 0 aliphatic rings. The minimum Gasteiger partial charge on any atom is -0.493 e. The maximum atomic E-state index is 10.4. The molecule has 0 heterocycles. The second kappa shape index (κ2) is 8.44. The maximum absolute atomic E-state index is 10.4. The molecule has 0 aromatic heterocycles. The van der Waals surface area contributed by atoms with Crippen molar-refractivity contribution in [2.45, 2.75) is 6.61 Å². The molecule has 2 aromatic rings. The van der Waals surface area contributed by atoms with E-state index in [1.165, 1.54) is 6.08 Å². The smallest absolute Gasteiger partial charge is 0.328 e. The summed E-state index contributed by atoms with van der Waals surface area (Å²) in [5, 5.41) is 8.54. The minimum atomic E-state index is -0.976. The number of hydrogen-bond acceptors (Lipinski definition) is 3. The quantitative estimate of drug-likeness (QED) is 0.622. The molecular weight excluding hydrogens is 292 g/mol. The van der Waals surface area contributed by atoms with Gasteiger partial charge in [-0.05, 0) is 23.3 Å². The van der Waals surface area contributed by atoms with Crippen molar-refractivity contribution in [1.29, 1.82) is 0 Å². The number of hydrogen-bond donors (Lipinski definition) is 1. The van der Waals surface area contributed by atoms with Crippen LogP contribution in [0.4, 0.5) is 0 Å². The highest BCUT2D eigenvalue weighted by atomic mass is 16.5. The van der Waals surface area contributed by atoms with Crippen molar-refractivity contribution in [3.05, 3.63) is 77.9 Å². The highest BCUT2D eigenvalue weighted by molar-refractivity contribution is 5.80. The van der Waals surface area contributed by atoms with Crippen molar-refractivity contribution in [1.82, 2.24) is 0 Å². The van der Waals surface area contributed by atoms with Crippen molar-refractivity contribution < 1.29 is 19.4 Å². The summed E-state index contributed by atoms with van der Waals surface area (Å²) >= 11 is 0. The molecule has 0 aliphatic carbocycles. The van der Waals surface area contributed by atoms with E-state index in [1.54, 1.807) is 19.3 Å². The summed E-state index contributed by atoms with van der Waals surface area (Å²) in [6, 6.07) is 15.4. The van der Waals surface area contributed by atoms with E-state index in [2.05, 4.69) is 0 Å². The number of carbonyl (C=O) groups is 1. The fourth-order valence-corrected chi connectivity index (χ4v) is 1.95. The molecule has 1 N–H and O–H groups in total. The van der Waals surface area contributed by atoms with Gasteiger partial charge in [0.2, 0.25) is 0 Å². The Labute approximate surface area is 135 Å². The van der Waals surface area contributed by atoms with E-state index in [4.69, 9.17) is 14.6 Å². The van der Waals surface area contributed by atoms with Crippen molar-refractivity contribution in [3.63, 3.8) is 0 Å². The number of benzene rings is 2. The molecule has 0 saturated carbocycles. The molecule has 2 rings (SSSR count). The van der Waals surface area contributed by atoms with Gasteiger partial charge in [-0.3, -0.25) is 0 Å². The van der Waals surface area contributed by atoms with Crippen LogP contribution in [0.15, 0.2) is 66.8 Å². The molecule has 0 amide bonds. The van der Waals surface area contributed by atoms with Crippen LogP contribution in [0.25, 0.3) is 6.08 Å². The van der Waals surface area contributed by atoms with Gasteiger partial charge in [0, 0.05) is 6.08 Å². The first-order chi connectivity index (χ1) is 11.2. The van der Waals surface area contributed by atoms with E-state index in [1.807, 2.05) is 48.5 Å². The van der Waals surface area contributed by atoms with Crippen LogP contribution in [-0.2, 0) is 11.4 Å². The molecule has 0 atom stereocenters. The van der Waals surface area contributed by atoms with Crippen LogP contribution >= 0.6 is 0 Å². The molecule has 0 aliphatic heterocycles. The third kappa shape index (κ3) is 5.36. The zero-order valence-corrected chi connectivity index (χ0v) is 12.8. The largest absolute Gasteiger partial charge is 0.493 e. The van der Waals surface area contributed by atoms with Crippen LogP contribution in [0.5, 0.6) is 11.5 Å². The summed E-state index contributed by atoms with van der Waals surface area (Å²) in [5.41, 5.74) is 1.96. The molecule has 0 radical (unpaired) electrons. The van der Waals surface area contributed by atoms with Gasteiger partial charge in [-0.1, -0.05) is 54.6 Å². The Morgan fingerprint density at radius 2 is 1.87 bits per heavy atom. The topological polar surface area (TPSA) is 55.8 Å². The van der Waals surface area contributed by atoms with Gasteiger partial charge in [0.05, 0.1) is 7.11 Å². The first-order valence-corrected chi connectivity index (χ1v) is 7.11. The van der Waals surface area contributed by atoms with Gasteiger partial charge in [0.15, 0.2) is 11.5 Å². The highest BCUT2D eigenvalue weighted by Crippen LogP contribution is 2.29. The zero-order chi connectivity index (χ0) is 16.5. The number of aliphatic carboxylic acids is 1. The standard InChI is InChI=1S/C19H18O4/c1-22-17-12-11-15(7-5-6-10-19(20)21)13-18(17)23-14-16-8-3-2-4-9-16/h2-13H,14H2,1H3,(H,20,21)/b7-5+,10-6+. The molecular formula is C19H18O4. The van der Waals surface area contributed by atoms with Gasteiger partial charge in [-0.25, -0.2) is 4.79 Å². The fourth-order valence-electron chi connectivity index (χ4n) is 1.95. The second-order valence-corrected chi connectivity index (χ2v) is 4.74. The number of methoxy groups -OCH3 is 1. The first kappa shape index (κ1) is 16.4. The van der Waals surface area contributed by atoms with Gasteiger partial charge < -0.3 is 14.6 Å². The Morgan fingerprint density at radius 3 is 2.57 bits per heavy atom. The van der Waals surface area contributed by atoms with Crippen LogP contribution in [0.3, 0.4) is 0 Å². The lowest BCUT2D eigenvalue weighted by Gasteiger charge is -2.11. The Morgan fingerprint density at radius 1 is 1.09 bits per heavy atom. The lowest BCUT2D eigenvalue weighted by atomic mass is 10.2. The average Bonchev–Trinajstić information content (AvgIpc) is 2.58. The molecule has 0 spiro atoms. The van der Waals surface area contributed by atoms with Crippen LogP contribution in [0.2, 0.25) is 0 Å². The number of ether oxygens (including phenoxy) is 2. The van der Waals surface area contributed by atoms with Gasteiger partial charge in [0.25, 0.3) is 0 Å². The molecule has 2 aromatic carbocycles. The second-order valence-electron chi connectivity index (χ2n) is 4.74. The highest BCUT2D eigenvalue weighted by Gasteiger charge is 2.05. The summed E-state index contributed by atoms with van der Waals surface area (Å²) in [7, 11) is 1.59. The number of rotatable bonds is 7. The van der Waals surface area contributed by atoms with E-state index in [0.717, 1.165) is 17.2 Å². The molecule has 4 nitrogen and oxygen atoms in total. The fraction of sp³-hybridized carbons (Fsp3) is 0.105. The van der Waals surface area contributed by atoms with Crippen LogP contribution < -0.4 is 9.47 Å². The Hall–Kier alpha value is -3.01. The monoisotopic (exact) mass is 310 g/mol. The van der Waals surface area contributed by atoms with Crippen molar-refractivity contribution in [2.24, 2.45) is 0 Å². The Bertz CT molecular complexity index is 703. The average molecular weight is 310 g/mol. The lowest BCUT2D eigenvalue weighted by molar-refractivity contribution is -0.131. The SMILES string of the molecule is COc1ccc(/C=C/C=C/C(=O)O)cc1OCc1ccccc1. The van der Waals surface area contributed by atoms with E-state index < -0.39 is 5.97 Å². The van der Waals surface area contributed by atoms with E-state index >= 15 is 0 Å². The molecule has 0 fully saturated rings. The van der Waals surface area contributed by atoms with Gasteiger partial charge in [-0.2, -0.15) is 0 Å². The van der Waals surface area contributed by atoms with Crippen LogP contribution in [-0.4, -0.2) is 18.2 Å².